The van der Waals surface area contributed by atoms with Gasteiger partial charge in [0.25, 0.3) is 0 Å². The zero-order valence-electron chi connectivity index (χ0n) is 8.71. The van der Waals surface area contributed by atoms with Crippen LogP contribution in [0.25, 0.3) is 6.08 Å². The summed E-state index contributed by atoms with van der Waals surface area (Å²) in [5.74, 6) is -0.836. The minimum Gasteiger partial charge on any atom is -0.328 e. The van der Waals surface area contributed by atoms with Crippen LogP contribution in [0, 0.1) is 11.6 Å². The highest BCUT2D eigenvalue weighted by molar-refractivity contribution is 5.49. The van der Waals surface area contributed by atoms with E-state index >= 15 is 0 Å². The molecule has 0 spiro atoms. The van der Waals surface area contributed by atoms with E-state index in [0.717, 1.165) is 25.0 Å². The molecule has 2 N–H and O–H groups in total. The fourth-order valence-electron chi connectivity index (χ4n) is 1.21. The summed E-state index contributed by atoms with van der Waals surface area (Å²) in [6.45, 7) is 1.91. The number of allylic oxidation sites excluding steroid dienone is 1. The molecule has 82 valence electrons. The predicted molar refractivity (Wildman–Crippen MR) is 58.3 cm³/mol. The van der Waals surface area contributed by atoms with Crippen LogP contribution in [-0.2, 0) is 0 Å². The Bertz CT molecular complexity index is 345. The molecule has 1 aromatic carbocycles. The summed E-state index contributed by atoms with van der Waals surface area (Å²) < 4.78 is 25.9. The van der Waals surface area contributed by atoms with Gasteiger partial charge in [-0.2, -0.15) is 0 Å². The minimum atomic E-state index is -0.428. The molecule has 0 saturated heterocycles. The van der Waals surface area contributed by atoms with E-state index in [4.69, 9.17) is 5.73 Å². The lowest BCUT2D eigenvalue weighted by molar-refractivity contribution is 0.598. The molecule has 1 nitrogen and oxygen atoms in total. The molecule has 0 radical (unpaired) electrons. The van der Waals surface area contributed by atoms with Gasteiger partial charge in [0.1, 0.15) is 11.6 Å². The van der Waals surface area contributed by atoms with E-state index < -0.39 is 11.6 Å². The van der Waals surface area contributed by atoms with E-state index in [1.165, 1.54) is 6.07 Å². The summed E-state index contributed by atoms with van der Waals surface area (Å²) in [4.78, 5) is 0. The van der Waals surface area contributed by atoms with Gasteiger partial charge in [-0.15, -0.1) is 0 Å². The highest BCUT2D eigenvalue weighted by Crippen LogP contribution is 2.12. The highest BCUT2D eigenvalue weighted by atomic mass is 19.1. The Kier molecular flexibility index (Phi) is 4.43. The van der Waals surface area contributed by atoms with Gasteiger partial charge in [0, 0.05) is 11.6 Å². The monoisotopic (exact) mass is 211 g/mol. The first-order valence-corrected chi connectivity index (χ1v) is 4.97. The van der Waals surface area contributed by atoms with Crippen molar-refractivity contribution in [2.24, 2.45) is 5.73 Å². The molecule has 1 unspecified atom stereocenters. The molecular weight excluding hydrogens is 196 g/mol. The van der Waals surface area contributed by atoms with Gasteiger partial charge in [-0.3, -0.25) is 0 Å². The molecule has 0 aromatic heterocycles. The van der Waals surface area contributed by atoms with Gasteiger partial charge < -0.3 is 5.73 Å². The molecule has 0 aliphatic carbocycles. The van der Waals surface area contributed by atoms with Crippen molar-refractivity contribution >= 4 is 6.08 Å². The third-order valence-corrected chi connectivity index (χ3v) is 2.04. The van der Waals surface area contributed by atoms with Crippen LogP contribution >= 0.6 is 0 Å². The molecule has 1 aromatic rings. The summed E-state index contributed by atoms with van der Waals surface area (Å²) in [6.07, 6.45) is 5.00. The molecular formula is C12H15F2N. The SMILES string of the molecule is CC(N)CC/C=C/c1cc(F)ccc1F. The maximum absolute atomic E-state index is 13.1. The van der Waals surface area contributed by atoms with Gasteiger partial charge in [-0.1, -0.05) is 12.2 Å². The van der Waals surface area contributed by atoms with Crippen LogP contribution < -0.4 is 5.73 Å². The van der Waals surface area contributed by atoms with E-state index in [0.29, 0.717) is 0 Å². The van der Waals surface area contributed by atoms with Crippen LogP contribution in [-0.4, -0.2) is 6.04 Å². The summed E-state index contributed by atoms with van der Waals surface area (Å²) in [5.41, 5.74) is 5.84. The van der Waals surface area contributed by atoms with Crippen molar-refractivity contribution in [3.8, 4) is 0 Å². The van der Waals surface area contributed by atoms with Crippen molar-refractivity contribution in [1.29, 1.82) is 0 Å². The van der Waals surface area contributed by atoms with Crippen molar-refractivity contribution in [2.75, 3.05) is 0 Å². The molecule has 0 fully saturated rings. The van der Waals surface area contributed by atoms with E-state index in [1.54, 1.807) is 12.2 Å². The third kappa shape index (κ3) is 4.21. The summed E-state index contributed by atoms with van der Waals surface area (Å²) >= 11 is 0. The van der Waals surface area contributed by atoms with Gasteiger partial charge in [-0.05, 0) is 38.0 Å². The molecule has 3 heteroatoms. The van der Waals surface area contributed by atoms with Crippen LogP contribution in [0.15, 0.2) is 24.3 Å². The maximum atomic E-state index is 13.1. The Morgan fingerprint density at radius 2 is 2.13 bits per heavy atom. The van der Waals surface area contributed by atoms with E-state index in [9.17, 15) is 8.78 Å². The van der Waals surface area contributed by atoms with Gasteiger partial charge in [0.2, 0.25) is 0 Å². The van der Waals surface area contributed by atoms with Gasteiger partial charge >= 0.3 is 0 Å². The molecule has 0 aliphatic heterocycles. The number of rotatable bonds is 4. The quantitative estimate of drug-likeness (QED) is 0.813. The van der Waals surface area contributed by atoms with Crippen LogP contribution in [0.1, 0.15) is 25.3 Å². The van der Waals surface area contributed by atoms with Crippen molar-refractivity contribution in [2.45, 2.75) is 25.8 Å². The first-order valence-electron chi connectivity index (χ1n) is 4.97. The normalized spacial score (nSPS) is 13.3. The first-order chi connectivity index (χ1) is 7.09. The molecule has 15 heavy (non-hydrogen) atoms. The zero-order chi connectivity index (χ0) is 11.3. The van der Waals surface area contributed by atoms with E-state index in [-0.39, 0.29) is 11.6 Å². The molecule has 0 heterocycles. The molecule has 0 saturated carbocycles. The van der Waals surface area contributed by atoms with Crippen LogP contribution in [0.2, 0.25) is 0 Å². The number of nitrogens with two attached hydrogens (primary N) is 1. The smallest absolute Gasteiger partial charge is 0.130 e. The Morgan fingerprint density at radius 1 is 1.40 bits per heavy atom. The average Bonchev–Trinajstić information content (AvgIpc) is 2.17. The highest BCUT2D eigenvalue weighted by Gasteiger charge is 1.99. The lowest BCUT2D eigenvalue weighted by Crippen LogP contribution is -2.13. The molecule has 0 bridgehead atoms. The van der Waals surface area contributed by atoms with Gasteiger partial charge in [0.15, 0.2) is 0 Å². The standard InChI is InChI=1S/C12H15F2N/c1-9(15)4-2-3-5-10-8-11(13)6-7-12(10)14/h3,5-9H,2,4,15H2,1H3/b5-3+. The van der Waals surface area contributed by atoms with Crippen LogP contribution in [0.5, 0.6) is 0 Å². The lowest BCUT2D eigenvalue weighted by atomic mass is 10.1. The average molecular weight is 211 g/mol. The van der Waals surface area contributed by atoms with Crippen LogP contribution in [0.4, 0.5) is 8.78 Å². The molecule has 0 aliphatic rings. The summed E-state index contributed by atoms with van der Waals surface area (Å²) in [7, 11) is 0. The Labute approximate surface area is 88.6 Å². The van der Waals surface area contributed by atoms with Crippen molar-refractivity contribution in [1.82, 2.24) is 0 Å². The largest absolute Gasteiger partial charge is 0.328 e. The Balaban J connectivity index is 2.59. The first kappa shape index (κ1) is 11.9. The second-order valence-corrected chi connectivity index (χ2v) is 3.62. The number of halogens is 2. The molecule has 1 rings (SSSR count). The number of hydrogen-bond donors (Lipinski definition) is 1. The summed E-state index contributed by atoms with van der Waals surface area (Å²) in [5, 5.41) is 0. The third-order valence-electron chi connectivity index (χ3n) is 2.04. The lowest BCUT2D eigenvalue weighted by Gasteiger charge is -2.00. The van der Waals surface area contributed by atoms with Crippen molar-refractivity contribution in [3.63, 3.8) is 0 Å². The van der Waals surface area contributed by atoms with E-state index in [2.05, 4.69) is 0 Å². The maximum Gasteiger partial charge on any atom is 0.130 e. The topological polar surface area (TPSA) is 26.0 Å². The second kappa shape index (κ2) is 5.61. The fourth-order valence-corrected chi connectivity index (χ4v) is 1.21. The molecule has 0 amide bonds. The van der Waals surface area contributed by atoms with E-state index in [1.807, 2.05) is 6.92 Å². The summed E-state index contributed by atoms with van der Waals surface area (Å²) in [6, 6.07) is 3.54. The zero-order valence-corrected chi connectivity index (χ0v) is 8.71. The fraction of sp³-hybridized carbons (Fsp3) is 0.333. The van der Waals surface area contributed by atoms with Crippen LogP contribution in [0.3, 0.4) is 0 Å². The molecule has 1 atom stereocenters. The second-order valence-electron chi connectivity index (χ2n) is 3.62. The van der Waals surface area contributed by atoms with Gasteiger partial charge in [-0.25, -0.2) is 8.78 Å². The Morgan fingerprint density at radius 3 is 2.80 bits per heavy atom. The number of benzene rings is 1. The predicted octanol–water partition coefficient (Wildman–Crippen LogP) is 3.11. The minimum absolute atomic E-state index is 0.131. The van der Waals surface area contributed by atoms with Crippen molar-refractivity contribution in [3.05, 3.63) is 41.5 Å². The van der Waals surface area contributed by atoms with Crippen molar-refractivity contribution < 1.29 is 8.78 Å². The number of hydrogen-bond acceptors (Lipinski definition) is 1. The van der Waals surface area contributed by atoms with Gasteiger partial charge in [0.05, 0.1) is 0 Å². The Hall–Kier alpha value is -1.22.